The Hall–Kier alpha value is -3.40. The summed E-state index contributed by atoms with van der Waals surface area (Å²) in [6.07, 6.45) is 1.89. The Labute approximate surface area is 188 Å². The van der Waals surface area contributed by atoms with Gasteiger partial charge in [0, 0.05) is 47.5 Å². The highest BCUT2D eigenvalue weighted by Crippen LogP contribution is 2.51. The standard InChI is InChI=1S/C23H24F2N6O2/c1-33-17-4-2-3-15-18(17)29-21(27)31-20(15)30-19(26)13-7-12(8-13)16-6-5-14(9-28-16)22(32)10-23(24,25)11-22/h2-6,9,12-13,32H,7-8,10-11H2,1H3,(H4,26,27,29,30,31). The number of anilines is 1. The molecule has 2 fully saturated rings. The molecule has 2 aliphatic carbocycles. The van der Waals surface area contributed by atoms with Crippen molar-refractivity contribution < 1.29 is 18.6 Å². The minimum atomic E-state index is -2.81. The van der Waals surface area contributed by atoms with E-state index in [9.17, 15) is 13.9 Å². The summed E-state index contributed by atoms with van der Waals surface area (Å²) in [6, 6.07) is 8.93. The Morgan fingerprint density at radius 3 is 2.58 bits per heavy atom. The molecular weight excluding hydrogens is 430 g/mol. The Morgan fingerprint density at radius 1 is 1.18 bits per heavy atom. The zero-order chi connectivity index (χ0) is 23.4. The van der Waals surface area contributed by atoms with Crippen molar-refractivity contribution in [2.75, 3.05) is 12.8 Å². The second kappa shape index (κ2) is 7.58. The number of hydrogen-bond acceptors (Lipinski definition) is 7. The van der Waals surface area contributed by atoms with Crippen LogP contribution in [-0.2, 0) is 5.60 Å². The van der Waals surface area contributed by atoms with E-state index in [0.717, 1.165) is 18.5 Å². The number of fused-ring (bicyclic) bond motifs is 1. The van der Waals surface area contributed by atoms with Crippen LogP contribution in [0.2, 0.25) is 0 Å². The van der Waals surface area contributed by atoms with Gasteiger partial charge in [0.25, 0.3) is 5.92 Å². The molecule has 0 spiro atoms. The van der Waals surface area contributed by atoms with Gasteiger partial charge < -0.3 is 21.3 Å². The number of alkyl halides is 2. The van der Waals surface area contributed by atoms with Gasteiger partial charge in [0.1, 0.15) is 22.7 Å². The zero-order valence-electron chi connectivity index (χ0n) is 18.0. The topological polar surface area (TPSA) is 133 Å². The SMILES string of the molecule is COc1cccc2c(N=C(N)C3CC(c4ccc(C5(O)CC(F)(F)C5)cn4)C3)nc(N)nc12. The first-order chi connectivity index (χ1) is 15.7. The summed E-state index contributed by atoms with van der Waals surface area (Å²) < 4.78 is 31.7. The van der Waals surface area contributed by atoms with Gasteiger partial charge in [-0.2, -0.15) is 4.98 Å². The first kappa shape index (κ1) is 21.4. The lowest BCUT2D eigenvalue weighted by molar-refractivity contribution is -0.210. The number of ether oxygens (including phenoxy) is 1. The highest BCUT2D eigenvalue weighted by molar-refractivity contribution is 5.96. The van der Waals surface area contributed by atoms with Gasteiger partial charge in [0.05, 0.1) is 7.11 Å². The number of hydrogen-bond donors (Lipinski definition) is 3. The van der Waals surface area contributed by atoms with Crippen LogP contribution in [0, 0.1) is 5.92 Å². The van der Waals surface area contributed by atoms with Gasteiger partial charge in [-0.15, -0.1) is 0 Å². The number of nitrogens with two attached hydrogens (primary N) is 2. The third-order valence-corrected chi connectivity index (χ3v) is 6.54. The van der Waals surface area contributed by atoms with E-state index >= 15 is 0 Å². The molecule has 0 bridgehead atoms. The predicted molar refractivity (Wildman–Crippen MR) is 120 cm³/mol. The lowest BCUT2D eigenvalue weighted by Crippen LogP contribution is -2.49. The third kappa shape index (κ3) is 3.84. The molecule has 2 saturated carbocycles. The number of pyridine rings is 1. The minimum absolute atomic E-state index is 0.0582. The number of halogens is 2. The predicted octanol–water partition coefficient (Wildman–Crippen LogP) is 3.41. The molecule has 172 valence electrons. The maximum Gasteiger partial charge on any atom is 0.254 e. The van der Waals surface area contributed by atoms with Crippen LogP contribution < -0.4 is 16.2 Å². The van der Waals surface area contributed by atoms with Crippen LogP contribution >= 0.6 is 0 Å². The summed E-state index contributed by atoms with van der Waals surface area (Å²) in [5, 5.41) is 11.0. The maximum atomic E-state index is 13.2. The van der Waals surface area contributed by atoms with Gasteiger partial charge in [-0.05, 0) is 31.0 Å². The van der Waals surface area contributed by atoms with Crippen LogP contribution in [0.1, 0.15) is 42.9 Å². The molecule has 33 heavy (non-hydrogen) atoms. The molecule has 0 atom stereocenters. The fourth-order valence-electron chi connectivity index (χ4n) is 4.62. The average Bonchev–Trinajstić information content (AvgIpc) is 2.71. The summed E-state index contributed by atoms with van der Waals surface area (Å²) >= 11 is 0. The molecule has 0 amide bonds. The maximum absolute atomic E-state index is 13.2. The molecular formula is C23H24F2N6O2. The monoisotopic (exact) mass is 454 g/mol. The fourth-order valence-corrected chi connectivity index (χ4v) is 4.62. The van der Waals surface area contributed by atoms with Crippen molar-refractivity contribution in [2.24, 2.45) is 16.6 Å². The van der Waals surface area contributed by atoms with E-state index < -0.39 is 24.4 Å². The molecule has 5 N–H and O–H groups in total. The van der Waals surface area contributed by atoms with Crippen molar-refractivity contribution in [1.82, 2.24) is 15.0 Å². The molecule has 3 aromatic rings. The zero-order valence-corrected chi connectivity index (χ0v) is 18.0. The van der Waals surface area contributed by atoms with Crippen molar-refractivity contribution in [1.29, 1.82) is 0 Å². The first-order valence-electron chi connectivity index (χ1n) is 10.7. The van der Waals surface area contributed by atoms with E-state index in [1.807, 2.05) is 12.1 Å². The summed E-state index contributed by atoms with van der Waals surface area (Å²) in [5.41, 5.74) is 12.5. The fraction of sp³-hybridized carbons (Fsp3) is 0.391. The largest absolute Gasteiger partial charge is 0.494 e. The molecule has 0 radical (unpaired) electrons. The third-order valence-electron chi connectivity index (χ3n) is 6.54. The second-order valence-electron chi connectivity index (χ2n) is 8.88. The molecule has 8 nitrogen and oxygen atoms in total. The van der Waals surface area contributed by atoms with Gasteiger partial charge in [-0.25, -0.2) is 18.8 Å². The highest BCUT2D eigenvalue weighted by atomic mass is 19.3. The Balaban J connectivity index is 1.29. The summed E-state index contributed by atoms with van der Waals surface area (Å²) in [7, 11) is 1.56. The molecule has 5 rings (SSSR count). The van der Waals surface area contributed by atoms with Crippen LogP contribution in [0.5, 0.6) is 5.75 Å². The number of para-hydroxylation sites is 1. The Bertz CT molecular complexity index is 1230. The smallest absolute Gasteiger partial charge is 0.254 e. The van der Waals surface area contributed by atoms with E-state index in [1.54, 1.807) is 25.3 Å². The van der Waals surface area contributed by atoms with Crippen LogP contribution in [0.3, 0.4) is 0 Å². The quantitative estimate of drug-likeness (QED) is 0.397. The molecule has 0 unspecified atom stereocenters. The van der Waals surface area contributed by atoms with Gasteiger partial charge in [-0.3, -0.25) is 4.98 Å². The van der Waals surface area contributed by atoms with Crippen LogP contribution in [0.25, 0.3) is 10.9 Å². The van der Waals surface area contributed by atoms with Crippen LogP contribution in [0.4, 0.5) is 20.5 Å². The average molecular weight is 454 g/mol. The number of nitrogens with zero attached hydrogens (tertiary/aromatic N) is 4. The number of rotatable bonds is 5. The number of amidine groups is 1. The van der Waals surface area contributed by atoms with E-state index in [0.29, 0.717) is 33.9 Å². The summed E-state index contributed by atoms with van der Waals surface area (Å²) in [6.45, 7) is 0. The van der Waals surface area contributed by atoms with Gasteiger partial charge in [-0.1, -0.05) is 12.1 Å². The van der Waals surface area contributed by atoms with Gasteiger partial charge in [0.15, 0.2) is 5.82 Å². The molecule has 1 aromatic carbocycles. The number of benzene rings is 1. The van der Waals surface area contributed by atoms with E-state index in [1.165, 1.54) is 6.20 Å². The molecule has 2 heterocycles. The van der Waals surface area contributed by atoms with Crippen molar-refractivity contribution in [3.8, 4) is 5.75 Å². The van der Waals surface area contributed by atoms with Gasteiger partial charge in [0.2, 0.25) is 5.95 Å². The van der Waals surface area contributed by atoms with Crippen LogP contribution in [-0.4, -0.2) is 38.9 Å². The Kier molecular flexibility index (Phi) is 4.93. The number of aliphatic imine (C=N–C) groups is 1. The highest BCUT2D eigenvalue weighted by Gasteiger charge is 2.56. The lowest BCUT2D eigenvalue weighted by atomic mass is 9.71. The normalized spacial score (nSPS) is 23.6. The first-order valence-corrected chi connectivity index (χ1v) is 10.7. The van der Waals surface area contributed by atoms with E-state index in [4.69, 9.17) is 16.2 Å². The van der Waals surface area contributed by atoms with Crippen LogP contribution in [0.15, 0.2) is 41.5 Å². The lowest BCUT2D eigenvalue weighted by Gasteiger charge is -2.43. The summed E-state index contributed by atoms with van der Waals surface area (Å²) in [4.78, 5) is 17.4. The van der Waals surface area contributed by atoms with E-state index in [2.05, 4.69) is 19.9 Å². The second-order valence-corrected chi connectivity index (χ2v) is 8.88. The van der Waals surface area contributed by atoms with Gasteiger partial charge >= 0.3 is 0 Å². The molecule has 2 aliphatic rings. The van der Waals surface area contributed by atoms with Crippen molar-refractivity contribution in [2.45, 2.75) is 43.1 Å². The van der Waals surface area contributed by atoms with E-state index in [-0.39, 0.29) is 17.8 Å². The summed E-state index contributed by atoms with van der Waals surface area (Å²) in [5.74, 6) is -1.06. The molecule has 0 aliphatic heterocycles. The number of aromatic nitrogens is 3. The van der Waals surface area contributed by atoms with Crippen molar-refractivity contribution >= 4 is 28.5 Å². The van der Waals surface area contributed by atoms with Crippen molar-refractivity contribution in [3.63, 3.8) is 0 Å². The molecule has 0 saturated heterocycles. The number of aliphatic hydroxyl groups is 1. The van der Waals surface area contributed by atoms with Crippen molar-refractivity contribution in [3.05, 3.63) is 47.8 Å². The molecule has 2 aromatic heterocycles. The Morgan fingerprint density at radius 2 is 1.94 bits per heavy atom. The number of methoxy groups -OCH3 is 1. The minimum Gasteiger partial charge on any atom is -0.494 e. The molecule has 10 heteroatoms. The number of nitrogen functional groups attached to an aromatic ring is 1.